The van der Waals surface area contributed by atoms with Crippen molar-refractivity contribution in [3.05, 3.63) is 0 Å². The molecule has 2 unspecified atom stereocenters. The fraction of sp³-hybridized carbons (Fsp3) is 0.727. The van der Waals surface area contributed by atoms with Crippen LogP contribution in [0.1, 0.15) is 27.2 Å². The molecule has 0 aliphatic heterocycles. The number of carboxylic acid groups (broad SMARTS) is 1. The van der Waals surface area contributed by atoms with E-state index in [2.05, 4.69) is 16.0 Å². The summed E-state index contributed by atoms with van der Waals surface area (Å²) in [6.07, 6.45) is 0.656. The predicted octanol–water partition coefficient (Wildman–Crippen LogP) is -0.0790. The zero-order valence-electron chi connectivity index (χ0n) is 10.9. The number of hydrogen-bond donors (Lipinski definition) is 4. The summed E-state index contributed by atoms with van der Waals surface area (Å²) in [5.74, 6) is -1.38. The average Bonchev–Trinajstić information content (AvgIpc) is 2.30. The Kier molecular flexibility index (Phi) is 7.50. The Balaban J connectivity index is 4.03. The van der Waals surface area contributed by atoms with Gasteiger partial charge >= 0.3 is 12.0 Å². The van der Waals surface area contributed by atoms with Crippen molar-refractivity contribution in [1.29, 1.82) is 0 Å². The largest absolute Gasteiger partial charge is 0.480 e. The third kappa shape index (κ3) is 6.72. The number of aliphatic carboxylic acids is 1. The van der Waals surface area contributed by atoms with Crippen LogP contribution in [0, 0.1) is 5.92 Å². The van der Waals surface area contributed by atoms with Gasteiger partial charge in [0.2, 0.25) is 5.91 Å². The highest BCUT2D eigenvalue weighted by Crippen LogP contribution is 2.07. The number of urea groups is 1. The molecular formula is C11H21N3O4. The van der Waals surface area contributed by atoms with Gasteiger partial charge in [-0.1, -0.05) is 20.3 Å². The van der Waals surface area contributed by atoms with E-state index in [1.54, 1.807) is 6.92 Å². The Morgan fingerprint density at radius 1 is 1.17 bits per heavy atom. The highest BCUT2D eigenvalue weighted by atomic mass is 16.4. The average molecular weight is 259 g/mol. The van der Waals surface area contributed by atoms with E-state index in [1.807, 2.05) is 6.92 Å². The van der Waals surface area contributed by atoms with Crippen LogP contribution >= 0.6 is 0 Å². The van der Waals surface area contributed by atoms with Crippen LogP contribution in [0.25, 0.3) is 0 Å². The molecule has 0 aliphatic rings. The molecule has 0 fully saturated rings. The van der Waals surface area contributed by atoms with Crippen molar-refractivity contribution in [1.82, 2.24) is 16.0 Å². The number of carboxylic acids is 1. The molecule has 0 rings (SSSR count). The van der Waals surface area contributed by atoms with Gasteiger partial charge in [0.15, 0.2) is 0 Å². The summed E-state index contributed by atoms with van der Waals surface area (Å²) in [4.78, 5) is 32.9. The van der Waals surface area contributed by atoms with Crippen molar-refractivity contribution < 1.29 is 19.5 Å². The van der Waals surface area contributed by atoms with Crippen molar-refractivity contribution in [3.63, 3.8) is 0 Å². The first-order valence-corrected chi connectivity index (χ1v) is 5.90. The van der Waals surface area contributed by atoms with Crippen molar-refractivity contribution >= 4 is 17.9 Å². The number of hydrogen-bond acceptors (Lipinski definition) is 3. The van der Waals surface area contributed by atoms with E-state index in [0.717, 1.165) is 0 Å². The summed E-state index contributed by atoms with van der Waals surface area (Å²) < 4.78 is 0. The van der Waals surface area contributed by atoms with E-state index in [9.17, 15) is 14.4 Å². The van der Waals surface area contributed by atoms with Crippen molar-refractivity contribution in [2.24, 2.45) is 5.92 Å². The Morgan fingerprint density at radius 2 is 1.72 bits per heavy atom. The molecule has 18 heavy (non-hydrogen) atoms. The first-order valence-electron chi connectivity index (χ1n) is 5.90. The van der Waals surface area contributed by atoms with E-state index in [-0.39, 0.29) is 18.4 Å². The second-order valence-corrected chi connectivity index (χ2v) is 4.08. The van der Waals surface area contributed by atoms with Crippen molar-refractivity contribution in [2.75, 3.05) is 13.1 Å². The van der Waals surface area contributed by atoms with E-state index >= 15 is 0 Å². The van der Waals surface area contributed by atoms with Crippen LogP contribution in [-0.4, -0.2) is 42.1 Å². The summed E-state index contributed by atoms with van der Waals surface area (Å²) in [6.45, 7) is 5.55. The van der Waals surface area contributed by atoms with Gasteiger partial charge in [0.05, 0.1) is 0 Å². The molecule has 0 aromatic rings. The molecular weight excluding hydrogens is 238 g/mol. The lowest BCUT2D eigenvalue weighted by Crippen LogP contribution is -2.50. The number of nitrogens with one attached hydrogen (secondary N) is 3. The Bertz CT molecular complexity index is 307. The van der Waals surface area contributed by atoms with Gasteiger partial charge in [0.25, 0.3) is 0 Å². The standard InChI is InChI=1S/C11H21N3O4/c1-4-7(2)9(10(16)17)14-11(18)13-6-5-12-8(3)15/h7,9H,4-6H2,1-3H3,(H,12,15)(H,16,17)(H2,13,14,18). The Labute approximate surface area is 106 Å². The molecule has 7 heteroatoms. The molecule has 0 aromatic heterocycles. The Morgan fingerprint density at radius 3 is 2.17 bits per heavy atom. The molecule has 0 bridgehead atoms. The molecule has 4 N–H and O–H groups in total. The second-order valence-electron chi connectivity index (χ2n) is 4.08. The zero-order chi connectivity index (χ0) is 14.1. The number of carbonyl (C=O) groups excluding carboxylic acids is 2. The molecule has 2 atom stereocenters. The van der Waals surface area contributed by atoms with Gasteiger partial charge in [0, 0.05) is 20.0 Å². The maximum Gasteiger partial charge on any atom is 0.326 e. The van der Waals surface area contributed by atoms with Crippen LogP contribution in [0.4, 0.5) is 4.79 Å². The molecule has 3 amide bonds. The first kappa shape index (κ1) is 16.2. The van der Waals surface area contributed by atoms with Gasteiger partial charge in [-0.3, -0.25) is 4.79 Å². The van der Waals surface area contributed by atoms with Gasteiger partial charge in [-0.15, -0.1) is 0 Å². The van der Waals surface area contributed by atoms with Gasteiger partial charge in [-0.2, -0.15) is 0 Å². The number of amides is 3. The minimum atomic E-state index is -1.05. The second kappa shape index (κ2) is 8.32. The van der Waals surface area contributed by atoms with Crippen LogP contribution < -0.4 is 16.0 Å². The predicted molar refractivity (Wildman–Crippen MR) is 66.1 cm³/mol. The smallest absolute Gasteiger partial charge is 0.326 e. The molecule has 0 saturated carbocycles. The number of carbonyl (C=O) groups is 3. The van der Waals surface area contributed by atoms with E-state index in [0.29, 0.717) is 13.0 Å². The summed E-state index contributed by atoms with van der Waals surface area (Å²) in [5, 5.41) is 16.3. The third-order valence-corrected chi connectivity index (χ3v) is 2.55. The highest BCUT2D eigenvalue weighted by molar-refractivity contribution is 5.82. The first-order chi connectivity index (χ1) is 8.38. The monoisotopic (exact) mass is 259 g/mol. The third-order valence-electron chi connectivity index (χ3n) is 2.55. The minimum absolute atomic E-state index is 0.149. The summed E-state index contributed by atoms with van der Waals surface area (Å²) >= 11 is 0. The fourth-order valence-electron chi connectivity index (χ4n) is 1.29. The Hall–Kier alpha value is -1.79. The SMILES string of the molecule is CCC(C)C(NC(=O)NCCNC(C)=O)C(=O)O. The van der Waals surface area contributed by atoms with Crippen LogP contribution in [0.2, 0.25) is 0 Å². The van der Waals surface area contributed by atoms with Gasteiger partial charge in [-0.05, 0) is 5.92 Å². The van der Waals surface area contributed by atoms with Crippen LogP contribution in [0.15, 0.2) is 0 Å². The van der Waals surface area contributed by atoms with Gasteiger partial charge in [0.1, 0.15) is 6.04 Å². The van der Waals surface area contributed by atoms with Crippen LogP contribution in [0.3, 0.4) is 0 Å². The molecule has 104 valence electrons. The normalized spacial score (nSPS) is 13.3. The van der Waals surface area contributed by atoms with Crippen LogP contribution in [-0.2, 0) is 9.59 Å². The zero-order valence-corrected chi connectivity index (χ0v) is 10.9. The molecule has 0 radical (unpaired) electrons. The molecule has 7 nitrogen and oxygen atoms in total. The van der Waals surface area contributed by atoms with Gasteiger partial charge < -0.3 is 21.1 Å². The molecule has 0 spiro atoms. The number of rotatable bonds is 7. The maximum absolute atomic E-state index is 11.4. The summed E-state index contributed by atoms with van der Waals surface area (Å²) in [5.41, 5.74) is 0. The summed E-state index contributed by atoms with van der Waals surface area (Å²) in [6, 6.07) is -1.45. The quantitative estimate of drug-likeness (QED) is 0.480. The van der Waals surface area contributed by atoms with E-state index in [1.165, 1.54) is 6.92 Å². The molecule has 0 aromatic carbocycles. The lowest BCUT2D eigenvalue weighted by atomic mass is 9.99. The molecule has 0 saturated heterocycles. The minimum Gasteiger partial charge on any atom is -0.480 e. The van der Waals surface area contributed by atoms with E-state index < -0.39 is 18.0 Å². The lowest BCUT2D eigenvalue weighted by molar-refractivity contribution is -0.140. The highest BCUT2D eigenvalue weighted by Gasteiger charge is 2.24. The molecule has 0 heterocycles. The van der Waals surface area contributed by atoms with Crippen molar-refractivity contribution in [3.8, 4) is 0 Å². The fourth-order valence-corrected chi connectivity index (χ4v) is 1.29. The lowest BCUT2D eigenvalue weighted by Gasteiger charge is -2.20. The topological polar surface area (TPSA) is 108 Å². The summed E-state index contributed by atoms with van der Waals surface area (Å²) in [7, 11) is 0. The maximum atomic E-state index is 11.4. The van der Waals surface area contributed by atoms with Gasteiger partial charge in [-0.25, -0.2) is 9.59 Å². The molecule has 0 aliphatic carbocycles. The van der Waals surface area contributed by atoms with Crippen molar-refractivity contribution in [2.45, 2.75) is 33.2 Å². The van der Waals surface area contributed by atoms with E-state index in [4.69, 9.17) is 5.11 Å². The van der Waals surface area contributed by atoms with Crippen LogP contribution in [0.5, 0.6) is 0 Å².